The van der Waals surface area contributed by atoms with E-state index in [0.29, 0.717) is 29.8 Å². The lowest BCUT2D eigenvalue weighted by Crippen LogP contribution is -2.45. The minimum absolute atomic E-state index is 0.0654. The van der Waals surface area contributed by atoms with E-state index < -0.39 is 0 Å². The Kier molecular flexibility index (Phi) is 6.63. The highest BCUT2D eigenvalue weighted by atomic mass is 16.3. The Morgan fingerprint density at radius 2 is 1.86 bits per heavy atom. The normalized spacial score (nSPS) is 18.1. The highest BCUT2D eigenvalue weighted by Gasteiger charge is 2.46. The molecule has 1 spiro atoms. The number of carbonyl (C=O) groups is 1. The van der Waals surface area contributed by atoms with Crippen LogP contribution < -0.4 is 10.6 Å². The van der Waals surface area contributed by atoms with E-state index in [1.165, 1.54) is 11.1 Å². The molecular formula is C29H30N4O2. The monoisotopic (exact) mass is 466 g/mol. The van der Waals surface area contributed by atoms with Gasteiger partial charge in [0.1, 0.15) is 11.4 Å². The standard InChI is InChI=1S/C29H30N4O2/c30-27-24-12-6-4-10-22(24)18-29(27)14-16-33(17-15-29)28-25(20-34)32-23(19-31-28)11-5-7-13-26(35)21-8-2-1-3-9-21/h1-4,6,8-10,12,19,27,34H,7,13-18,20,30H2. The van der Waals surface area contributed by atoms with E-state index in [9.17, 15) is 9.90 Å². The number of benzene rings is 2. The number of hydrogen-bond acceptors (Lipinski definition) is 6. The molecule has 6 nitrogen and oxygen atoms in total. The van der Waals surface area contributed by atoms with Crippen molar-refractivity contribution >= 4 is 11.6 Å². The first-order valence-corrected chi connectivity index (χ1v) is 12.2. The molecule has 1 atom stereocenters. The van der Waals surface area contributed by atoms with Crippen LogP contribution in [0.25, 0.3) is 0 Å². The summed E-state index contributed by atoms with van der Waals surface area (Å²) in [5.41, 5.74) is 11.2. The molecule has 1 aliphatic heterocycles. The molecule has 1 saturated heterocycles. The summed E-state index contributed by atoms with van der Waals surface area (Å²) in [6.07, 6.45) is 5.44. The largest absolute Gasteiger partial charge is 0.390 e. The number of nitrogens with two attached hydrogens (primary N) is 1. The molecule has 1 aliphatic carbocycles. The zero-order chi connectivity index (χ0) is 24.3. The maximum Gasteiger partial charge on any atom is 0.163 e. The highest BCUT2D eigenvalue weighted by molar-refractivity contribution is 5.96. The highest BCUT2D eigenvalue weighted by Crippen LogP contribution is 2.50. The summed E-state index contributed by atoms with van der Waals surface area (Å²) in [6.45, 7) is 1.46. The second-order valence-electron chi connectivity index (χ2n) is 9.48. The van der Waals surface area contributed by atoms with Gasteiger partial charge in [-0.25, -0.2) is 9.97 Å². The van der Waals surface area contributed by atoms with Crippen molar-refractivity contribution in [3.63, 3.8) is 0 Å². The zero-order valence-electron chi connectivity index (χ0n) is 19.8. The molecule has 35 heavy (non-hydrogen) atoms. The number of aliphatic hydroxyl groups excluding tert-OH is 1. The smallest absolute Gasteiger partial charge is 0.163 e. The first kappa shape index (κ1) is 23.2. The van der Waals surface area contributed by atoms with E-state index in [1.807, 2.05) is 30.3 Å². The number of Topliss-reactive ketones (excluding diaryl/α,β-unsaturated/α-hetero) is 1. The Morgan fingerprint density at radius 3 is 2.60 bits per heavy atom. The lowest BCUT2D eigenvalue weighted by Gasteiger charge is -2.42. The van der Waals surface area contributed by atoms with Crippen molar-refractivity contribution in [2.75, 3.05) is 18.0 Å². The van der Waals surface area contributed by atoms with E-state index in [4.69, 9.17) is 5.73 Å². The van der Waals surface area contributed by atoms with Gasteiger partial charge in [-0.05, 0) is 41.7 Å². The van der Waals surface area contributed by atoms with Gasteiger partial charge in [0.2, 0.25) is 0 Å². The van der Waals surface area contributed by atoms with Crippen LogP contribution in [-0.2, 0) is 13.0 Å². The molecule has 0 saturated carbocycles. The van der Waals surface area contributed by atoms with Gasteiger partial charge in [-0.3, -0.25) is 4.79 Å². The molecule has 1 unspecified atom stereocenters. The van der Waals surface area contributed by atoms with Crippen molar-refractivity contribution in [1.82, 2.24) is 9.97 Å². The lowest BCUT2D eigenvalue weighted by molar-refractivity contribution is 0.0984. The van der Waals surface area contributed by atoms with Gasteiger partial charge in [-0.15, -0.1) is 0 Å². The summed E-state index contributed by atoms with van der Waals surface area (Å²) in [4.78, 5) is 23.6. The number of aliphatic hydroxyl groups is 1. The second kappa shape index (κ2) is 9.99. The summed E-state index contributed by atoms with van der Waals surface area (Å²) in [6, 6.07) is 17.8. The number of piperidine rings is 1. The molecule has 0 radical (unpaired) electrons. The summed E-state index contributed by atoms with van der Waals surface area (Å²) >= 11 is 0. The quantitative estimate of drug-likeness (QED) is 0.439. The van der Waals surface area contributed by atoms with Gasteiger partial charge in [0.05, 0.1) is 12.8 Å². The molecule has 5 rings (SSSR count). The fourth-order valence-electron chi connectivity index (χ4n) is 5.42. The van der Waals surface area contributed by atoms with Crippen molar-refractivity contribution in [3.8, 4) is 11.8 Å². The lowest BCUT2D eigenvalue weighted by atomic mass is 9.73. The predicted molar refractivity (Wildman–Crippen MR) is 136 cm³/mol. The Hall–Kier alpha value is -3.53. The first-order valence-electron chi connectivity index (χ1n) is 12.2. The maximum atomic E-state index is 12.2. The Labute approximate surface area is 206 Å². The maximum absolute atomic E-state index is 12.2. The minimum Gasteiger partial charge on any atom is -0.390 e. The van der Waals surface area contributed by atoms with Crippen molar-refractivity contribution in [2.45, 2.75) is 44.8 Å². The van der Waals surface area contributed by atoms with Crippen LogP contribution in [0.3, 0.4) is 0 Å². The first-order chi connectivity index (χ1) is 17.1. The summed E-state index contributed by atoms with van der Waals surface area (Å²) < 4.78 is 0. The van der Waals surface area contributed by atoms with Crippen LogP contribution in [0, 0.1) is 17.3 Å². The number of carbonyl (C=O) groups excluding carboxylic acids is 1. The van der Waals surface area contributed by atoms with Crippen LogP contribution in [0.5, 0.6) is 0 Å². The predicted octanol–water partition coefficient (Wildman–Crippen LogP) is 3.83. The molecule has 2 aromatic carbocycles. The molecule has 1 aromatic heterocycles. The average Bonchev–Trinajstić information content (AvgIpc) is 3.18. The van der Waals surface area contributed by atoms with Crippen LogP contribution in [0.15, 0.2) is 60.8 Å². The number of rotatable bonds is 5. The van der Waals surface area contributed by atoms with Crippen molar-refractivity contribution in [2.24, 2.45) is 11.1 Å². The number of fused-ring (bicyclic) bond motifs is 1. The van der Waals surface area contributed by atoms with Gasteiger partial charge < -0.3 is 15.7 Å². The molecule has 0 amide bonds. The van der Waals surface area contributed by atoms with Gasteiger partial charge in [-0.2, -0.15) is 0 Å². The molecule has 0 bridgehead atoms. The summed E-state index contributed by atoms with van der Waals surface area (Å²) in [5, 5.41) is 9.97. The van der Waals surface area contributed by atoms with E-state index in [0.717, 1.165) is 38.2 Å². The third kappa shape index (κ3) is 4.70. The Morgan fingerprint density at radius 1 is 1.11 bits per heavy atom. The van der Waals surface area contributed by atoms with Crippen LogP contribution in [0.2, 0.25) is 0 Å². The van der Waals surface area contributed by atoms with Gasteiger partial charge in [0.15, 0.2) is 11.6 Å². The molecule has 3 N–H and O–H groups in total. The van der Waals surface area contributed by atoms with Gasteiger partial charge in [0, 0.05) is 37.5 Å². The Bertz CT molecular complexity index is 1270. The fraction of sp³-hybridized carbons (Fsp3) is 0.345. The van der Waals surface area contributed by atoms with E-state index in [1.54, 1.807) is 6.20 Å². The fourth-order valence-corrected chi connectivity index (χ4v) is 5.42. The molecule has 6 heteroatoms. The van der Waals surface area contributed by atoms with Crippen LogP contribution >= 0.6 is 0 Å². The van der Waals surface area contributed by atoms with Crippen LogP contribution in [0.4, 0.5) is 5.82 Å². The van der Waals surface area contributed by atoms with Crippen molar-refractivity contribution in [3.05, 3.63) is 88.9 Å². The number of anilines is 1. The molecule has 3 aromatic rings. The van der Waals surface area contributed by atoms with Gasteiger partial charge in [-0.1, -0.05) is 60.5 Å². The van der Waals surface area contributed by atoms with E-state index in [-0.39, 0.29) is 23.8 Å². The molecular weight excluding hydrogens is 436 g/mol. The number of aromatic nitrogens is 2. The zero-order valence-corrected chi connectivity index (χ0v) is 19.8. The third-order valence-corrected chi connectivity index (χ3v) is 7.41. The average molecular weight is 467 g/mol. The summed E-state index contributed by atoms with van der Waals surface area (Å²) in [7, 11) is 0. The number of nitrogens with zero attached hydrogens (tertiary/aromatic N) is 3. The number of hydrogen-bond donors (Lipinski definition) is 2. The van der Waals surface area contributed by atoms with Gasteiger partial charge in [0.25, 0.3) is 0 Å². The van der Waals surface area contributed by atoms with E-state index >= 15 is 0 Å². The second-order valence-corrected chi connectivity index (χ2v) is 9.48. The van der Waals surface area contributed by atoms with Crippen LogP contribution in [-0.4, -0.2) is 33.9 Å². The third-order valence-electron chi connectivity index (χ3n) is 7.41. The molecule has 2 aliphatic rings. The Balaban J connectivity index is 1.21. The summed E-state index contributed by atoms with van der Waals surface area (Å²) in [5.74, 6) is 6.80. The van der Waals surface area contributed by atoms with Crippen molar-refractivity contribution in [1.29, 1.82) is 0 Å². The molecule has 1 fully saturated rings. The topological polar surface area (TPSA) is 92.3 Å². The minimum atomic E-state index is -0.197. The molecule has 2 heterocycles. The number of ketones is 1. The van der Waals surface area contributed by atoms with Gasteiger partial charge >= 0.3 is 0 Å². The van der Waals surface area contributed by atoms with Crippen LogP contribution in [0.1, 0.15) is 64.6 Å². The van der Waals surface area contributed by atoms with Crippen molar-refractivity contribution < 1.29 is 9.90 Å². The SMILES string of the molecule is NC1c2ccccc2CC12CCN(c1ncc(C#CCCC(=O)c3ccccc3)nc1CO)CC2. The van der Waals surface area contributed by atoms with E-state index in [2.05, 4.69) is 51.0 Å². The molecule has 178 valence electrons.